The average Bonchev–Trinajstić information content (AvgIpc) is 2.79. The lowest BCUT2D eigenvalue weighted by Crippen LogP contribution is -2.12. The minimum atomic E-state index is -0.236. The first-order valence-electron chi connectivity index (χ1n) is 6.48. The van der Waals surface area contributed by atoms with Crippen LogP contribution in [0.4, 0.5) is 16.6 Å². The predicted molar refractivity (Wildman–Crippen MR) is 91.5 cm³/mol. The normalized spacial score (nSPS) is 10.7. The summed E-state index contributed by atoms with van der Waals surface area (Å²) in [5, 5.41) is 6.66. The topological polar surface area (TPSA) is 80.0 Å². The van der Waals surface area contributed by atoms with E-state index in [1.54, 1.807) is 11.8 Å². The number of amides is 1. The Morgan fingerprint density at radius 3 is 2.86 bits per heavy atom. The van der Waals surface area contributed by atoms with E-state index in [1.807, 2.05) is 44.4 Å². The van der Waals surface area contributed by atoms with E-state index >= 15 is 0 Å². The number of aromatic nitrogens is 1. The molecule has 7 heteroatoms. The second-order valence-electron chi connectivity index (χ2n) is 4.72. The molecule has 0 saturated carbocycles. The summed E-state index contributed by atoms with van der Waals surface area (Å²) in [5.74, 6) is 0.0155. The van der Waals surface area contributed by atoms with Gasteiger partial charge in [0.25, 0.3) is 5.91 Å². The first kappa shape index (κ1) is 15.7. The van der Waals surface area contributed by atoms with Crippen molar-refractivity contribution in [1.82, 2.24) is 4.98 Å². The second-order valence-corrected chi connectivity index (χ2v) is 6.60. The molecule has 2 rings (SSSR count). The number of nitrogens with two attached hydrogens (primary N) is 1. The van der Waals surface area contributed by atoms with E-state index in [0.29, 0.717) is 10.0 Å². The Morgan fingerprint density at radius 1 is 1.43 bits per heavy atom. The van der Waals surface area contributed by atoms with Crippen LogP contribution < -0.4 is 16.4 Å². The summed E-state index contributed by atoms with van der Waals surface area (Å²) in [5.41, 5.74) is 6.57. The number of benzene rings is 1. The number of anilines is 3. The second kappa shape index (κ2) is 6.82. The first-order valence-corrected chi connectivity index (χ1v) is 8.52. The fourth-order valence-electron chi connectivity index (χ4n) is 1.69. The van der Waals surface area contributed by atoms with Crippen LogP contribution in [-0.2, 0) is 0 Å². The van der Waals surface area contributed by atoms with Crippen molar-refractivity contribution in [3.05, 3.63) is 29.1 Å². The molecule has 0 unspecified atom stereocenters. The van der Waals surface area contributed by atoms with Crippen molar-refractivity contribution in [3.8, 4) is 0 Å². The molecule has 0 atom stereocenters. The van der Waals surface area contributed by atoms with Crippen molar-refractivity contribution in [3.63, 3.8) is 0 Å². The van der Waals surface area contributed by atoms with E-state index in [2.05, 4.69) is 15.6 Å². The predicted octanol–water partition coefficient (Wildman–Crippen LogP) is 3.52. The smallest absolute Gasteiger partial charge is 0.269 e. The van der Waals surface area contributed by atoms with Gasteiger partial charge in [0.2, 0.25) is 0 Å². The zero-order chi connectivity index (χ0) is 15.4. The van der Waals surface area contributed by atoms with Crippen LogP contribution in [0.5, 0.6) is 0 Å². The summed E-state index contributed by atoms with van der Waals surface area (Å²) in [6.45, 7) is 4.01. The van der Waals surface area contributed by atoms with Crippen LogP contribution in [0, 0.1) is 0 Å². The number of nitrogens with one attached hydrogen (secondary N) is 2. The van der Waals surface area contributed by atoms with Crippen molar-refractivity contribution >= 4 is 45.6 Å². The molecule has 0 saturated heterocycles. The minimum Gasteiger partial charge on any atom is -0.382 e. The molecule has 1 amide bonds. The van der Waals surface area contributed by atoms with Gasteiger partial charge in [0, 0.05) is 16.6 Å². The summed E-state index contributed by atoms with van der Waals surface area (Å²) >= 11 is 2.88. The van der Waals surface area contributed by atoms with E-state index in [0.717, 1.165) is 10.6 Å². The SMILES string of the molecule is CSc1cccc(NC(=O)c2sc(NC(C)C)nc2N)c1. The number of carbonyl (C=O) groups is 1. The number of nitrogens with zero attached hydrogens (tertiary/aromatic N) is 1. The van der Waals surface area contributed by atoms with Crippen LogP contribution in [-0.4, -0.2) is 23.2 Å². The van der Waals surface area contributed by atoms with Crippen LogP contribution in [0.15, 0.2) is 29.2 Å². The van der Waals surface area contributed by atoms with E-state index < -0.39 is 0 Å². The molecule has 0 aliphatic heterocycles. The number of carbonyl (C=O) groups excluding carboxylic acids is 1. The van der Waals surface area contributed by atoms with Crippen molar-refractivity contribution < 1.29 is 4.79 Å². The molecule has 1 aromatic heterocycles. The Balaban J connectivity index is 2.14. The third-order valence-electron chi connectivity index (χ3n) is 2.60. The Bertz CT molecular complexity index is 640. The average molecular weight is 322 g/mol. The lowest BCUT2D eigenvalue weighted by molar-refractivity contribution is 0.103. The maximum absolute atomic E-state index is 12.3. The molecule has 21 heavy (non-hydrogen) atoms. The van der Waals surface area contributed by atoms with Crippen molar-refractivity contribution in [2.45, 2.75) is 24.8 Å². The maximum Gasteiger partial charge on any atom is 0.269 e. The number of thioether (sulfide) groups is 1. The van der Waals surface area contributed by atoms with Gasteiger partial charge in [-0.25, -0.2) is 4.98 Å². The number of hydrogen-bond donors (Lipinski definition) is 3. The Morgan fingerprint density at radius 2 is 2.19 bits per heavy atom. The summed E-state index contributed by atoms with van der Waals surface area (Å²) in [4.78, 5) is 18.0. The van der Waals surface area contributed by atoms with Gasteiger partial charge in [-0.2, -0.15) is 0 Å². The highest BCUT2D eigenvalue weighted by Gasteiger charge is 2.16. The van der Waals surface area contributed by atoms with Gasteiger partial charge in [-0.1, -0.05) is 17.4 Å². The molecule has 2 aromatic rings. The maximum atomic E-state index is 12.3. The first-order chi connectivity index (χ1) is 9.99. The molecule has 1 heterocycles. The molecular weight excluding hydrogens is 304 g/mol. The fraction of sp³-hybridized carbons (Fsp3) is 0.286. The molecule has 4 N–H and O–H groups in total. The van der Waals surface area contributed by atoms with Crippen molar-refractivity contribution in [2.75, 3.05) is 22.6 Å². The van der Waals surface area contributed by atoms with Gasteiger partial charge in [-0.3, -0.25) is 4.79 Å². The van der Waals surface area contributed by atoms with E-state index in [-0.39, 0.29) is 17.8 Å². The third kappa shape index (κ3) is 4.12. The number of thiazole rings is 1. The summed E-state index contributed by atoms with van der Waals surface area (Å²) in [6, 6.07) is 7.91. The molecule has 0 fully saturated rings. The highest BCUT2D eigenvalue weighted by atomic mass is 32.2. The monoisotopic (exact) mass is 322 g/mol. The largest absolute Gasteiger partial charge is 0.382 e. The van der Waals surface area contributed by atoms with Crippen LogP contribution in [0.1, 0.15) is 23.5 Å². The zero-order valence-electron chi connectivity index (χ0n) is 12.1. The van der Waals surface area contributed by atoms with E-state index in [1.165, 1.54) is 11.3 Å². The van der Waals surface area contributed by atoms with Crippen LogP contribution in [0.25, 0.3) is 0 Å². The minimum absolute atomic E-state index is 0.236. The quantitative estimate of drug-likeness (QED) is 0.734. The van der Waals surface area contributed by atoms with Gasteiger partial charge >= 0.3 is 0 Å². The Kier molecular flexibility index (Phi) is 5.08. The third-order valence-corrected chi connectivity index (χ3v) is 4.33. The fourth-order valence-corrected chi connectivity index (χ4v) is 3.08. The van der Waals surface area contributed by atoms with Crippen molar-refractivity contribution in [1.29, 1.82) is 0 Å². The lowest BCUT2D eigenvalue weighted by Gasteiger charge is -2.05. The van der Waals surface area contributed by atoms with Crippen LogP contribution in [0.3, 0.4) is 0 Å². The van der Waals surface area contributed by atoms with Gasteiger partial charge in [0.15, 0.2) is 5.13 Å². The number of nitrogen functional groups attached to an aromatic ring is 1. The molecule has 0 aliphatic rings. The van der Waals surface area contributed by atoms with Crippen LogP contribution >= 0.6 is 23.1 Å². The van der Waals surface area contributed by atoms with Gasteiger partial charge in [-0.05, 0) is 38.3 Å². The van der Waals surface area contributed by atoms with Gasteiger partial charge < -0.3 is 16.4 Å². The molecule has 0 spiro atoms. The van der Waals surface area contributed by atoms with Crippen LogP contribution in [0.2, 0.25) is 0 Å². The van der Waals surface area contributed by atoms with E-state index in [9.17, 15) is 4.79 Å². The number of rotatable bonds is 5. The number of hydrogen-bond acceptors (Lipinski definition) is 6. The lowest BCUT2D eigenvalue weighted by atomic mass is 10.3. The summed E-state index contributed by atoms with van der Waals surface area (Å²) in [7, 11) is 0. The molecule has 1 aromatic carbocycles. The zero-order valence-corrected chi connectivity index (χ0v) is 13.8. The molecule has 0 aliphatic carbocycles. The van der Waals surface area contributed by atoms with Gasteiger partial charge in [0.05, 0.1) is 0 Å². The summed E-state index contributed by atoms with van der Waals surface area (Å²) in [6.07, 6.45) is 1.99. The van der Waals surface area contributed by atoms with Crippen molar-refractivity contribution in [2.24, 2.45) is 0 Å². The Labute approximate surface area is 132 Å². The molecule has 5 nitrogen and oxygen atoms in total. The van der Waals surface area contributed by atoms with Gasteiger partial charge in [-0.15, -0.1) is 11.8 Å². The molecule has 112 valence electrons. The summed E-state index contributed by atoms with van der Waals surface area (Å²) < 4.78 is 0. The molecule has 0 bridgehead atoms. The highest BCUT2D eigenvalue weighted by molar-refractivity contribution is 7.98. The molecule has 0 radical (unpaired) electrons. The highest BCUT2D eigenvalue weighted by Crippen LogP contribution is 2.27. The Hall–Kier alpha value is -1.73. The van der Waals surface area contributed by atoms with E-state index in [4.69, 9.17) is 5.73 Å². The van der Waals surface area contributed by atoms with Gasteiger partial charge in [0.1, 0.15) is 10.7 Å². The standard InChI is InChI=1S/C14H18N4OS2/c1-8(2)16-14-18-12(15)11(21-14)13(19)17-9-5-4-6-10(7-9)20-3/h4-8H,15H2,1-3H3,(H,16,18)(H,17,19). The molecular formula is C14H18N4OS2.